The van der Waals surface area contributed by atoms with E-state index in [0.29, 0.717) is 55.6 Å². The number of ether oxygens (including phenoxy) is 1. The molecular formula is C19H14ClF3N6O. The molecule has 7 nitrogen and oxygen atoms in total. The summed E-state index contributed by atoms with van der Waals surface area (Å²) in [4.78, 5) is 10.8. The zero-order chi connectivity index (χ0) is 20.8. The molecule has 30 heavy (non-hydrogen) atoms. The lowest BCUT2D eigenvalue weighted by molar-refractivity contribution is 0.122. The lowest BCUT2D eigenvalue weighted by Crippen LogP contribution is -2.36. The average Bonchev–Trinajstić information content (AvgIpc) is 2.99. The maximum atomic E-state index is 14.4. The zero-order valence-corrected chi connectivity index (χ0v) is 16.1. The third kappa shape index (κ3) is 3.17. The number of hydrogen-bond donors (Lipinski definition) is 1. The average molecular weight is 435 g/mol. The van der Waals surface area contributed by atoms with E-state index in [4.69, 9.17) is 16.3 Å². The molecule has 4 heterocycles. The number of aliphatic imine (C=N–C) groups is 1. The highest BCUT2D eigenvalue weighted by Crippen LogP contribution is 2.36. The molecule has 2 aromatic heterocycles. The lowest BCUT2D eigenvalue weighted by atomic mass is 10.1. The van der Waals surface area contributed by atoms with Gasteiger partial charge in [0.2, 0.25) is 0 Å². The monoisotopic (exact) mass is 434 g/mol. The largest absolute Gasteiger partial charge is 0.378 e. The minimum atomic E-state index is -1.10. The molecule has 0 unspecified atom stereocenters. The predicted octanol–water partition coefficient (Wildman–Crippen LogP) is 3.68. The van der Waals surface area contributed by atoms with Gasteiger partial charge in [0.15, 0.2) is 5.82 Å². The van der Waals surface area contributed by atoms with E-state index in [1.807, 2.05) is 0 Å². The summed E-state index contributed by atoms with van der Waals surface area (Å²) in [6.07, 6.45) is 2.92. The van der Waals surface area contributed by atoms with Gasteiger partial charge in [0.1, 0.15) is 34.1 Å². The molecule has 11 heteroatoms. The third-order valence-electron chi connectivity index (χ3n) is 4.85. The summed E-state index contributed by atoms with van der Waals surface area (Å²) in [5.41, 5.74) is 0.452. The Balaban J connectivity index is 1.65. The molecule has 154 valence electrons. The van der Waals surface area contributed by atoms with E-state index in [9.17, 15) is 13.2 Å². The number of rotatable bonds is 2. The van der Waals surface area contributed by atoms with Crippen molar-refractivity contribution in [3.8, 4) is 5.69 Å². The second-order valence-corrected chi connectivity index (χ2v) is 7.12. The standard InChI is InChI=1S/C19H14ClF3N6O/c20-11-8-25-29-15-7-16(28-1-3-30-4-2-28)24-9-14(15)26-18(27-19(11)29)17-12(22)5-10(21)6-13(17)23/h5-9H,1-4H2,(H,26,27). The Bertz CT molecular complexity index is 1150. The quantitative estimate of drug-likeness (QED) is 0.666. The number of aromatic nitrogens is 3. The highest BCUT2D eigenvalue weighted by molar-refractivity contribution is 6.33. The molecule has 5 rings (SSSR count). The number of benzene rings is 1. The topological polar surface area (TPSA) is 67.6 Å². The SMILES string of the molecule is Fc1cc(F)c(C2=Nc3c(Cl)cnn3-c3cc(N4CCOCC4)ncc3N2)c(F)c1. The first-order chi connectivity index (χ1) is 14.5. The fourth-order valence-corrected chi connectivity index (χ4v) is 3.58. The Morgan fingerprint density at radius 3 is 2.50 bits per heavy atom. The van der Waals surface area contributed by atoms with Gasteiger partial charge in [0, 0.05) is 31.3 Å². The van der Waals surface area contributed by atoms with Gasteiger partial charge in [0.05, 0.1) is 42.5 Å². The summed E-state index contributed by atoms with van der Waals surface area (Å²) < 4.78 is 49.1. The summed E-state index contributed by atoms with van der Waals surface area (Å²) in [6.45, 7) is 2.54. The van der Waals surface area contributed by atoms with Gasteiger partial charge in [-0.2, -0.15) is 5.10 Å². The highest BCUT2D eigenvalue weighted by Gasteiger charge is 2.26. The summed E-state index contributed by atoms with van der Waals surface area (Å²) >= 11 is 6.23. The van der Waals surface area contributed by atoms with Crippen molar-refractivity contribution >= 4 is 34.8 Å². The molecule has 0 radical (unpaired) electrons. The van der Waals surface area contributed by atoms with Crippen LogP contribution >= 0.6 is 11.6 Å². The van der Waals surface area contributed by atoms with Crippen LogP contribution in [0.5, 0.6) is 0 Å². The molecule has 0 saturated carbocycles. The van der Waals surface area contributed by atoms with E-state index in [1.165, 1.54) is 17.1 Å². The lowest BCUT2D eigenvalue weighted by Gasteiger charge is -2.28. The van der Waals surface area contributed by atoms with Crippen LogP contribution in [0.3, 0.4) is 0 Å². The van der Waals surface area contributed by atoms with Crippen molar-refractivity contribution < 1.29 is 17.9 Å². The van der Waals surface area contributed by atoms with Gasteiger partial charge in [-0.05, 0) is 0 Å². The molecule has 1 saturated heterocycles. The maximum Gasteiger partial charge on any atom is 0.176 e. The molecule has 1 aromatic carbocycles. The van der Waals surface area contributed by atoms with Crippen LogP contribution < -0.4 is 10.2 Å². The zero-order valence-electron chi connectivity index (χ0n) is 15.4. The number of anilines is 2. The van der Waals surface area contributed by atoms with Gasteiger partial charge in [-0.3, -0.25) is 0 Å². The molecular weight excluding hydrogens is 421 g/mol. The molecule has 0 bridgehead atoms. The van der Waals surface area contributed by atoms with E-state index < -0.39 is 23.0 Å². The minimum Gasteiger partial charge on any atom is -0.378 e. The first kappa shape index (κ1) is 18.9. The van der Waals surface area contributed by atoms with Crippen molar-refractivity contribution in [2.75, 3.05) is 36.5 Å². The molecule has 0 spiro atoms. The number of halogens is 4. The van der Waals surface area contributed by atoms with E-state index in [2.05, 4.69) is 25.3 Å². The summed E-state index contributed by atoms with van der Waals surface area (Å²) in [5, 5.41) is 7.33. The van der Waals surface area contributed by atoms with Crippen molar-refractivity contribution in [1.82, 2.24) is 14.8 Å². The minimum absolute atomic E-state index is 0.173. The van der Waals surface area contributed by atoms with Gasteiger partial charge in [-0.25, -0.2) is 27.8 Å². The molecule has 0 atom stereocenters. The van der Waals surface area contributed by atoms with Gasteiger partial charge >= 0.3 is 0 Å². The Labute approximate surface area is 173 Å². The summed E-state index contributed by atoms with van der Waals surface area (Å²) in [6, 6.07) is 2.97. The van der Waals surface area contributed by atoms with E-state index in [0.717, 1.165) is 0 Å². The normalized spacial score (nSPS) is 15.7. The maximum absolute atomic E-state index is 14.4. The van der Waals surface area contributed by atoms with Gasteiger partial charge in [-0.1, -0.05) is 11.6 Å². The van der Waals surface area contributed by atoms with Gasteiger partial charge in [0.25, 0.3) is 0 Å². The number of morpholine rings is 1. The third-order valence-corrected chi connectivity index (χ3v) is 5.11. The second-order valence-electron chi connectivity index (χ2n) is 6.72. The molecule has 1 fully saturated rings. The number of fused-ring (bicyclic) bond motifs is 3. The number of pyridine rings is 1. The Hall–Kier alpha value is -3.11. The Kier molecular flexibility index (Phi) is 4.59. The van der Waals surface area contributed by atoms with E-state index in [-0.39, 0.29) is 16.7 Å². The number of nitrogens with zero attached hydrogens (tertiary/aromatic N) is 5. The van der Waals surface area contributed by atoms with Crippen LogP contribution in [0, 0.1) is 17.5 Å². The molecule has 3 aromatic rings. The number of hydrogen-bond acceptors (Lipinski definition) is 6. The highest BCUT2D eigenvalue weighted by atomic mass is 35.5. The second kappa shape index (κ2) is 7.29. The van der Waals surface area contributed by atoms with Crippen LogP contribution in [-0.4, -0.2) is 46.9 Å². The first-order valence-electron chi connectivity index (χ1n) is 9.08. The molecule has 1 N–H and O–H groups in total. The Morgan fingerprint density at radius 1 is 1.03 bits per heavy atom. The summed E-state index contributed by atoms with van der Waals surface area (Å²) in [7, 11) is 0. The Morgan fingerprint density at radius 2 is 1.77 bits per heavy atom. The molecule has 0 amide bonds. The fraction of sp³-hybridized carbons (Fsp3) is 0.211. The molecule has 2 aliphatic heterocycles. The van der Waals surface area contributed by atoms with E-state index in [1.54, 1.807) is 6.07 Å². The number of nitrogens with one attached hydrogen (secondary N) is 1. The number of amidine groups is 1. The van der Waals surface area contributed by atoms with Crippen LogP contribution in [0.2, 0.25) is 5.02 Å². The molecule has 0 aliphatic carbocycles. The van der Waals surface area contributed by atoms with Crippen LogP contribution in [0.1, 0.15) is 5.56 Å². The van der Waals surface area contributed by atoms with Crippen molar-refractivity contribution in [2.24, 2.45) is 4.99 Å². The van der Waals surface area contributed by atoms with Crippen LogP contribution in [0.4, 0.5) is 30.5 Å². The van der Waals surface area contributed by atoms with Crippen LogP contribution in [0.15, 0.2) is 35.6 Å². The van der Waals surface area contributed by atoms with Crippen molar-refractivity contribution in [1.29, 1.82) is 0 Å². The molecule has 2 aliphatic rings. The first-order valence-corrected chi connectivity index (χ1v) is 9.46. The summed E-state index contributed by atoms with van der Waals surface area (Å²) in [5.74, 6) is -2.51. The predicted molar refractivity (Wildman–Crippen MR) is 106 cm³/mol. The fourth-order valence-electron chi connectivity index (χ4n) is 3.42. The van der Waals surface area contributed by atoms with Gasteiger partial charge < -0.3 is 15.0 Å². The van der Waals surface area contributed by atoms with Gasteiger partial charge in [-0.15, -0.1) is 0 Å². The van der Waals surface area contributed by atoms with Crippen molar-refractivity contribution in [3.05, 3.63) is 58.6 Å². The van der Waals surface area contributed by atoms with Crippen LogP contribution in [0.25, 0.3) is 5.69 Å². The van der Waals surface area contributed by atoms with E-state index >= 15 is 0 Å². The van der Waals surface area contributed by atoms with Crippen LogP contribution in [-0.2, 0) is 4.74 Å². The smallest absolute Gasteiger partial charge is 0.176 e. The van der Waals surface area contributed by atoms with Crippen molar-refractivity contribution in [2.45, 2.75) is 0 Å². The van der Waals surface area contributed by atoms with Crippen molar-refractivity contribution in [3.63, 3.8) is 0 Å².